The Kier molecular flexibility index (Phi) is 6.41. The van der Waals surface area contributed by atoms with Crippen LogP contribution in [0.25, 0.3) is 5.69 Å². The summed E-state index contributed by atoms with van der Waals surface area (Å²) in [5, 5.41) is 4.16. The lowest BCUT2D eigenvalue weighted by Gasteiger charge is -2.10. The molecule has 4 aromatic rings. The molecule has 0 saturated carbocycles. The zero-order chi connectivity index (χ0) is 23.3. The van der Waals surface area contributed by atoms with Gasteiger partial charge in [-0.05, 0) is 66.2 Å². The van der Waals surface area contributed by atoms with Gasteiger partial charge in [0.1, 0.15) is 12.4 Å². The largest absolute Gasteiger partial charge is 0.497 e. The Morgan fingerprint density at radius 3 is 2.42 bits per heavy atom. The molecule has 168 valence electrons. The number of benzene rings is 3. The van der Waals surface area contributed by atoms with Crippen LogP contribution in [0.2, 0.25) is 0 Å². The van der Waals surface area contributed by atoms with Crippen LogP contribution < -0.4 is 9.46 Å². The zero-order valence-electron chi connectivity index (χ0n) is 17.7. The number of esters is 1. The van der Waals surface area contributed by atoms with Crippen molar-refractivity contribution < 1.29 is 22.7 Å². The number of hydrogen-bond donors (Lipinski definition) is 1. The molecule has 1 heterocycles. The van der Waals surface area contributed by atoms with Crippen molar-refractivity contribution in [2.75, 3.05) is 11.8 Å². The molecular weight excluding hydrogens is 442 g/mol. The molecule has 3 aromatic carbocycles. The molecule has 1 N–H and O–H groups in total. The second kappa shape index (κ2) is 9.58. The van der Waals surface area contributed by atoms with Crippen molar-refractivity contribution in [2.45, 2.75) is 11.5 Å². The van der Waals surface area contributed by atoms with Crippen molar-refractivity contribution in [3.63, 3.8) is 0 Å². The summed E-state index contributed by atoms with van der Waals surface area (Å²) in [4.78, 5) is 12.5. The Hall–Kier alpha value is -4.11. The smallest absolute Gasteiger partial charge is 0.338 e. The van der Waals surface area contributed by atoms with Crippen molar-refractivity contribution in [3.8, 4) is 11.4 Å². The molecule has 0 aliphatic carbocycles. The van der Waals surface area contributed by atoms with Crippen molar-refractivity contribution in [2.24, 2.45) is 0 Å². The number of methoxy groups -OCH3 is 1. The molecule has 0 amide bonds. The number of hydrogen-bond acceptors (Lipinski definition) is 6. The van der Waals surface area contributed by atoms with Gasteiger partial charge in [-0.1, -0.05) is 18.2 Å². The van der Waals surface area contributed by atoms with Crippen LogP contribution in [0.5, 0.6) is 5.75 Å². The van der Waals surface area contributed by atoms with E-state index in [1.54, 1.807) is 35.1 Å². The third-order valence-corrected chi connectivity index (χ3v) is 6.18. The minimum absolute atomic E-state index is 0.0451. The summed E-state index contributed by atoms with van der Waals surface area (Å²) in [5.41, 5.74) is 2.20. The number of nitrogens with one attached hydrogen (secondary N) is 1. The summed E-state index contributed by atoms with van der Waals surface area (Å²) in [7, 11) is -2.36. The molecule has 0 aliphatic heterocycles. The molecule has 0 atom stereocenters. The van der Waals surface area contributed by atoms with E-state index in [0.717, 1.165) is 11.3 Å². The fourth-order valence-electron chi connectivity index (χ4n) is 3.06. The lowest BCUT2D eigenvalue weighted by molar-refractivity contribution is 0.0472. The molecule has 8 nitrogen and oxygen atoms in total. The molecule has 0 saturated heterocycles. The molecule has 1 aromatic heterocycles. The average molecular weight is 464 g/mol. The van der Waals surface area contributed by atoms with Crippen LogP contribution in [0.15, 0.2) is 96.2 Å². The first-order valence-corrected chi connectivity index (χ1v) is 11.5. The highest BCUT2D eigenvalue weighted by Crippen LogP contribution is 2.20. The van der Waals surface area contributed by atoms with E-state index >= 15 is 0 Å². The fourth-order valence-corrected chi connectivity index (χ4v) is 4.17. The maximum absolute atomic E-state index is 12.7. The number of carbonyl (C=O) groups is 1. The molecule has 9 heteroatoms. The number of aromatic nitrogens is 2. The number of nitrogens with zero attached hydrogens (tertiary/aromatic N) is 2. The van der Waals surface area contributed by atoms with Gasteiger partial charge in [0.2, 0.25) is 0 Å². The summed E-state index contributed by atoms with van der Waals surface area (Å²) < 4.78 is 40.1. The van der Waals surface area contributed by atoms with Gasteiger partial charge in [0.25, 0.3) is 10.0 Å². The monoisotopic (exact) mass is 463 g/mol. The predicted molar refractivity (Wildman–Crippen MR) is 123 cm³/mol. The Bertz CT molecular complexity index is 1330. The van der Waals surface area contributed by atoms with E-state index in [1.807, 2.05) is 36.5 Å². The molecule has 0 fully saturated rings. The quantitative estimate of drug-likeness (QED) is 0.396. The Labute approximate surface area is 191 Å². The van der Waals surface area contributed by atoms with Gasteiger partial charge in [0.05, 0.1) is 23.3 Å². The topological polar surface area (TPSA) is 99.5 Å². The molecule has 0 bridgehead atoms. The van der Waals surface area contributed by atoms with Crippen LogP contribution in [0.3, 0.4) is 0 Å². The maximum Gasteiger partial charge on any atom is 0.338 e. The Balaban J connectivity index is 1.41. The average Bonchev–Trinajstić information content (AvgIpc) is 3.38. The van der Waals surface area contributed by atoms with E-state index < -0.39 is 16.0 Å². The number of anilines is 1. The molecule has 0 radical (unpaired) electrons. The first kappa shape index (κ1) is 22.1. The van der Waals surface area contributed by atoms with E-state index in [2.05, 4.69) is 9.82 Å². The molecule has 0 spiro atoms. The summed E-state index contributed by atoms with van der Waals surface area (Å²) in [5.74, 6) is -0.00799. The minimum atomic E-state index is -3.89. The van der Waals surface area contributed by atoms with Gasteiger partial charge >= 0.3 is 5.97 Å². The number of ether oxygens (including phenoxy) is 2. The highest BCUT2D eigenvalue weighted by molar-refractivity contribution is 7.92. The van der Waals surface area contributed by atoms with Crippen LogP contribution in [0, 0.1) is 0 Å². The van der Waals surface area contributed by atoms with Crippen molar-refractivity contribution >= 4 is 21.7 Å². The van der Waals surface area contributed by atoms with E-state index in [4.69, 9.17) is 9.47 Å². The maximum atomic E-state index is 12.7. The van der Waals surface area contributed by atoms with E-state index in [-0.39, 0.29) is 17.1 Å². The number of rotatable bonds is 8. The highest BCUT2D eigenvalue weighted by atomic mass is 32.2. The summed E-state index contributed by atoms with van der Waals surface area (Å²) in [6.07, 6.45) is 3.52. The SMILES string of the molecule is COc1ccc(NS(=O)(=O)c2cccc(C(=O)OCc3ccc(-n4cccn4)cc3)c2)cc1. The third-order valence-electron chi connectivity index (χ3n) is 4.80. The van der Waals surface area contributed by atoms with Gasteiger partial charge in [0, 0.05) is 18.1 Å². The van der Waals surface area contributed by atoms with Crippen LogP contribution >= 0.6 is 0 Å². The molecular formula is C24H21N3O5S. The minimum Gasteiger partial charge on any atom is -0.497 e. The van der Waals surface area contributed by atoms with Gasteiger partial charge in [-0.3, -0.25) is 4.72 Å². The first-order chi connectivity index (χ1) is 15.9. The standard InChI is InChI=1S/C24H21N3O5S/c1-31-22-12-8-20(9-13-22)26-33(29,30)23-5-2-4-19(16-23)24(28)32-17-18-6-10-21(11-7-18)27-15-3-14-25-27/h2-16,26H,17H2,1H3. The van der Waals surface area contributed by atoms with Gasteiger partial charge in [-0.2, -0.15) is 5.10 Å². The summed E-state index contributed by atoms with van der Waals surface area (Å²) in [6, 6.07) is 21.4. The second-order valence-corrected chi connectivity index (χ2v) is 8.74. The Morgan fingerprint density at radius 1 is 1.00 bits per heavy atom. The van der Waals surface area contributed by atoms with Gasteiger partial charge in [-0.15, -0.1) is 0 Å². The number of carbonyl (C=O) groups excluding carboxylic acids is 1. The lowest BCUT2D eigenvalue weighted by Crippen LogP contribution is -2.14. The van der Waals surface area contributed by atoms with Crippen LogP contribution in [0.1, 0.15) is 15.9 Å². The first-order valence-electron chi connectivity index (χ1n) is 9.98. The van der Waals surface area contributed by atoms with Crippen LogP contribution in [-0.2, 0) is 21.4 Å². The molecule has 0 aliphatic rings. The van der Waals surface area contributed by atoms with Crippen molar-refractivity contribution in [1.29, 1.82) is 0 Å². The normalized spacial score (nSPS) is 11.1. The second-order valence-electron chi connectivity index (χ2n) is 7.06. The van der Waals surface area contributed by atoms with Crippen molar-refractivity contribution in [1.82, 2.24) is 9.78 Å². The van der Waals surface area contributed by atoms with Gasteiger partial charge in [-0.25, -0.2) is 17.9 Å². The van der Waals surface area contributed by atoms with Gasteiger partial charge in [0.15, 0.2) is 0 Å². The van der Waals surface area contributed by atoms with E-state index in [1.165, 1.54) is 31.4 Å². The van der Waals surface area contributed by atoms with Crippen LogP contribution in [-0.4, -0.2) is 31.3 Å². The van der Waals surface area contributed by atoms with Crippen LogP contribution in [0.4, 0.5) is 5.69 Å². The lowest BCUT2D eigenvalue weighted by atomic mass is 10.2. The Morgan fingerprint density at radius 2 is 1.76 bits per heavy atom. The summed E-state index contributed by atoms with van der Waals surface area (Å²) in [6.45, 7) is 0.0549. The molecule has 4 rings (SSSR count). The van der Waals surface area contributed by atoms with E-state index in [9.17, 15) is 13.2 Å². The third kappa shape index (κ3) is 5.39. The highest BCUT2D eigenvalue weighted by Gasteiger charge is 2.17. The zero-order valence-corrected chi connectivity index (χ0v) is 18.5. The predicted octanol–water partition coefficient (Wildman–Crippen LogP) is 4.04. The molecule has 0 unspecified atom stereocenters. The fraction of sp³-hybridized carbons (Fsp3) is 0.0833. The van der Waals surface area contributed by atoms with Gasteiger partial charge < -0.3 is 9.47 Å². The van der Waals surface area contributed by atoms with E-state index in [0.29, 0.717) is 11.4 Å². The van der Waals surface area contributed by atoms with Crippen molar-refractivity contribution in [3.05, 3.63) is 102 Å². The molecule has 33 heavy (non-hydrogen) atoms. The number of sulfonamides is 1. The summed E-state index contributed by atoms with van der Waals surface area (Å²) >= 11 is 0.